The van der Waals surface area contributed by atoms with Gasteiger partial charge in [0.2, 0.25) is 5.91 Å². The van der Waals surface area contributed by atoms with Gasteiger partial charge in [-0.2, -0.15) is 0 Å². The first-order valence-electron chi connectivity index (χ1n) is 6.57. The number of benzene rings is 1. The Balaban J connectivity index is 1.80. The number of para-hydroxylation sites is 1. The number of carbonyl (C=O) groups excluding carboxylic acids is 2. The molecule has 1 N–H and O–H groups in total. The van der Waals surface area contributed by atoms with Gasteiger partial charge in [0, 0.05) is 19.0 Å². The van der Waals surface area contributed by atoms with Crippen LogP contribution in [0.3, 0.4) is 0 Å². The molecule has 5 nitrogen and oxygen atoms in total. The van der Waals surface area contributed by atoms with Crippen molar-refractivity contribution < 1.29 is 9.59 Å². The zero-order chi connectivity index (χ0) is 14.1. The summed E-state index contributed by atoms with van der Waals surface area (Å²) in [6, 6.07) is 10.7. The van der Waals surface area contributed by atoms with Gasteiger partial charge in [-0.1, -0.05) is 24.3 Å². The molecule has 1 saturated heterocycles. The van der Waals surface area contributed by atoms with Gasteiger partial charge in [0.15, 0.2) is 0 Å². The van der Waals surface area contributed by atoms with Crippen LogP contribution in [0.5, 0.6) is 0 Å². The summed E-state index contributed by atoms with van der Waals surface area (Å²) in [5, 5.41) is 3.73. The fourth-order valence-electron chi connectivity index (χ4n) is 2.38. The molecule has 1 aliphatic rings. The van der Waals surface area contributed by atoms with Crippen molar-refractivity contribution in [3.8, 4) is 0 Å². The summed E-state index contributed by atoms with van der Waals surface area (Å²) in [4.78, 5) is 29.9. The Hall–Kier alpha value is -2.43. The molecule has 0 saturated carbocycles. The lowest BCUT2D eigenvalue weighted by molar-refractivity contribution is -0.128. The summed E-state index contributed by atoms with van der Waals surface area (Å²) in [7, 11) is 1.74. The third-order valence-corrected chi connectivity index (χ3v) is 3.56. The van der Waals surface area contributed by atoms with E-state index >= 15 is 0 Å². The van der Waals surface area contributed by atoms with Crippen LogP contribution >= 0.6 is 0 Å². The number of fused-ring (bicyclic) bond motifs is 1. The van der Waals surface area contributed by atoms with E-state index in [4.69, 9.17) is 0 Å². The third kappa shape index (κ3) is 2.22. The molecule has 1 atom stereocenters. The second kappa shape index (κ2) is 4.92. The van der Waals surface area contributed by atoms with Crippen molar-refractivity contribution in [2.45, 2.75) is 12.5 Å². The van der Waals surface area contributed by atoms with Crippen molar-refractivity contribution in [1.82, 2.24) is 15.2 Å². The molecule has 1 aromatic carbocycles. The number of carbonyl (C=O) groups is 2. The highest BCUT2D eigenvalue weighted by molar-refractivity contribution is 5.98. The van der Waals surface area contributed by atoms with Crippen LogP contribution in [0, 0.1) is 0 Å². The van der Waals surface area contributed by atoms with Crippen LogP contribution in [-0.2, 0) is 4.79 Å². The molecule has 0 spiro atoms. The van der Waals surface area contributed by atoms with Gasteiger partial charge >= 0.3 is 0 Å². The summed E-state index contributed by atoms with van der Waals surface area (Å²) in [5.41, 5.74) is 1.11. The molecule has 0 radical (unpaired) electrons. The highest BCUT2D eigenvalue weighted by Gasteiger charge is 2.30. The minimum absolute atomic E-state index is 0.0425. The van der Waals surface area contributed by atoms with Crippen LogP contribution < -0.4 is 5.32 Å². The first kappa shape index (κ1) is 12.6. The van der Waals surface area contributed by atoms with Gasteiger partial charge in [-0.05, 0) is 18.6 Å². The number of hydrogen-bond acceptors (Lipinski definition) is 3. The SMILES string of the molecule is CN1CCC(NC(=O)c2ccc3ccccc3n2)C1=O. The molecule has 5 heteroatoms. The predicted octanol–water partition coefficient (Wildman–Crippen LogP) is 1.20. The normalized spacial score (nSPS) is 18.6. The number of likely N-dealkylation sites (N-methyl/N-ethyl adjacent to an activating group) is 1. The van der Waals surface area contributed by atoms with Crippen molar-refractivity contribution in [3.05, 3.63) is 42.1 Å². The second-order valence-corrected chi connectivity index (χ2v) is 4.96. The lowest BCUT2D eigenvalue weighted by Gasteiger charge is -2.12. The van der Waals surface area contributed by atoms with Crippen molar-refractivity contribution in [2.24, 2.45) is 0 Å². The van der Waals surface area contributed by atoms with Crippen LogP contribution in [0.25, 0.3) is 10.9 Å². The van der Waals surface area contributed by atoms with E-state index in [9.17, 15) is 9.59 Å². The summed E-state index contributed by atoms with van der Waals surface area (Å²) in [6.45, 7) is 0.676. The highest BCUT2D eigenvalue weighted by atomic mass is 16.2. The van der Waals surface area contributed by atoms with Crippen molar-refractivity contribution >= 4 is 22.7 Å². The van der Waals surface area contributed by atoms with Crippen molar-refractivity contribution in [3.63, 3.8) is 0 Å². The van der Waals surface area contributed by atoms with E-state index in [2.05, 4.69) is 10.3 Å². The molecule has 102 valence electrons. The first-order valence-corrected chi connectivity index (χ1v) is 6.57. The number of nitrogens with zero attached hydrogens (tertiary/aromatic N) is 2. The minimum atomic E-state index is -0.430. The molecule has 0 bridgehead atoms. The number of hydrogen-bond donors (Lipinski definition) is 1. The summed E-state index contributed by atoms with van der Waals surface area (Å²) >= 11 is 0. The zero-order valence-electron chi connectivity index (χ0n) is 11.2. The maximum absolute atomic E-state index is 12.2. The smallest absolute Gasteiger partial charge is 0.270 e. The van der Waals surface area contributed by atoms with Crippen LogP contribution in [0.4, 0.5) is 0 Å². The molecule has 0 aliphatic carbocycles. The Morgan fingerprint density at radius 3 is 2.85 bits per heavy atom. The highest BCUT2D eigenvalue weighted by Crippen LogP contribution is 2.13. The molecule has 1 fully saturated rings. The predicted molar refractivity (Wildman–Crippen MR) is 75.3 cm³/mol. The van der Waals surface area contributed by atoms with Gasteiger partial charge in [0.25, 0.3) is 5.91 Å². The minimum Gasteiger partial charge on any atom is -0.344 e. The van der Waals surface area contributed by atoms with Crippen molar-refractivity contribution in [2.75, 3.05) is 13.6 Å². The molecule has 2 heterocycles. The number of likely N-dealkylation sites (tertiary alicyclic amines) is 1. The molecule has 2 amide bonds. The fraction of sp³-hybridized carbons (Fsp3) is 0.267. The molecule has 1 unspecified atom stereocenters. The first-order chi connectivity index (χ1) is 9.65. The Kier molecular flexibility index (Phi) is 3.10. The topological polar surface area (TPSA) is 62.3 Å². The zero-order valence-corrected chi connectivity index (χ0v) is 11.2. The van der Waals surface area contributed by atoms with Crippen LogP contribution in [0.15, 0.2) is 36.4 Å². The van der Waals surface area contributed by atoms with Gasteiger partial charge in [-0.15, -0.1) is 0 Å². The number of rotatable bonds is 2. The lowest BCUT2D eigenvalue weighted by Crippen LogP contribution is -2.40. The van der Waals surface area contributed by atoms with Crippen molar-refractivity contribution in [1.29, 1.82) is 0 Å². The third-order valence-electron chi connectivity index (χ3n) is 3.56. The molecular formula is C15H15N3O2. The lowest BCUT2D eigenvalue weighted by atomic mass is 10.2. The summed E-state index contributed by atoms with van der Waals surface area (Å²) < 4.78 is 0. The van der Waals surface area contributed by atoms with E-state index in [-0.39, 0.29) is 11.8 Å². The molecule has 1 aromatic heterocycles. The van der Waals surface area contributed by atoms with Gasteiger partial charge in [0.1, 0.15) is 11.7 Å². The molecule has 20 heavy (non-hydrogen) atoms. The monoisotopic (exact) mass is 269 g/mol. The number of nitrogens with one attached hydrogen (secondary N) is 1. The molecule has 2 aromatic rings. The van der Waals surface area contributed by atoms with Crippen LogP contribution in [0.1, 0.15) is 16.9 Å². The van der Waals surface area contributed by atoms with E-state index in [1.165, 1.54) is 0 Å². The second-order valence-electron chi connectivity index (χ2n) is 4.96. The van der Waals surface area contributed by atoms with Gasteiger partial charge in [-0.25, -0.2) is 4.98 Å². The van der Waals surface area contributed by atoms with Gasteiger partial charge in [0.05, 0.1) is 5.52 Å². The number of aromatic nitrogens is 1. The Bertz CT molecular complexity index is 684. The van der Waals surface area contributed by atoms with Gasteiger partial charge in [-0.3, -0.25) is 9.59 Å². The summed E-state index contributed by atoms with van der Waals surface area (Å²) in [6.07, 6.45) is 0.647. The molecule has 3 rings (SSSR count). The number of pyridine rings is 1. The fourth-order valence-corrected chi connectivity index (χ4v) is 2.38. The van der Waals surface area contributed by atoms with E-state index < -0.39 is 6.04 Å². The Morgan fingerprint density at radius 1 is 1.30 bits per heavy atom. The van der Waals surface area contributed by atoms with Crippen LogP contribution in [-0.4, -0.2) is 41.3 Å². The Labute approximate surface area is 116 Å². The average molecular weight is 269 g/mol. The van der Waals surface area contributed by atoms with E-state index in [1.54, 1.807) is 18.0 Å². The Morgan fingerprint density at radius 2 is 2.10 bits per heavy atom. The quantitative estimate of drug-likeness (QED) is 0.891. The van der Waals surface area contributed by atoms with E-state index in [1.807, 2.05) is 30.3 Å². The van der Waals surface area contributed by atoms with Crippen LogP contribution in [0.2, 0.25) is 0 Å². The largest absolute Gasteiger partial charge is 0.344 e. The summed E-state index contributed by atoms with van der Waals surface area (Å²) in [5.74, 6) is -0.344. The van der Waals surface area contributed by atoms with Gasteiger partial charge < -0.3 is 10.2 Å². The maximum atomic E-state index is 12.2. The molecular weight excluding hydrogens is 254 g/mol. The average Bonchev–Trinajstić information content (AvgIpc) is 2.78. The standard InChI is InChI=1S/C15H15N3O2/c1-18-9-8-13(15(18)20)17-14(19)12-7-6-10-4-2-3-5-11(10)16-12/h2-7,13H,8-9H2,1H3,(H,17,19). The maximum Gasteiger partial charge on any atom is 0.270 e. The number of amides is 2. The van der Waals surface area contributed by atoms with E-state index in [0.29, 0.717) is 18.7 Å². The molecule has 1 aliphatic heterocycles. The van der Waals surface area contributed by atoms with E-state index in [0.717, 1.165) is 10.9 Å².